The average Bonchev–Trinajstić information content (AvgIpc) is 3.36. The molecule has 1 aromatic rings. The van der Waals surface area contributed by atoms with Gasteiger partial charge in [0.1, 0.15) is 23.1 Å². The third kappa shape index (κ3) is 3.49. The zero-order chi connectivity index (χ0) is 27.1. The second-order valence-electron chi connectivity index (χ2n) is 12.4. The normalized spacial score (nSPS) is 34.5. The number of aromatic hydroxyl groups is 1. The maximum atomic E-state index is 13.3. The summed E-state index contributed by atoms with van der Waals surface area (Å²) in [5.74, 6) is -2.10. The number of ether oxygens (including phenoxy) is 1. The van der Waals surface area contributed by atoms with Gasteiger partial charge < -0.3 is 30.1 Å². The standard InChI is InChI=1S/C28H37NO8/c1-14-5-7-20-26(2,3)21(30)9-10-27(20,4)28(14)12-16-19(37-28)11-15-17(23(16)33)13-29(24(15)34)18(25(35)36)6-8-22(31)32/h11,14,18,20-21,30,33H,5-10,12-13H2,1-4H3,(H,31,32)(H,35,36). The fraction of sp³-hybridized carbons (Fsp3) is 0.679. The lowest BCUT2D eigenvalue weighted by molar-refractivity contribution is -0.210. The van der Waals surface area contributed by atoms with E-state index in [2.05, 4.69) is 27.7 Å². The van der Waals surface area contributed by atoms with Crippen molar-refractivity contribution in [3.05, 3.63) is 22.8 Å². The van der Waals surface area contributed by atoms with Crippen LogP contribution in [-0.2, 0) is 22.6 Å². The number of rotatable bonds is 5. The van der Waals surface area contributed by atoms with Crippen molar-refractivity contribution in [1.82, 2.24) is 4.90 Å². The number of carbonyl (C=O) groups is 3. The predicted molar refractivity (Wildman–Crippen MR) is 132 cm³/mol. The van der Waals surface area contributed by atoms with Crippen molar-refractivity contribution in [3.8, 4) is 11.5 Å². The highest BCUT2D eigenvalue weighted by Crippen LogP contribution is 2.67. The van der Waals surface area contributed by atoms with E-state index < -0.39 is 29.5 Å². The Balaban J connectivity index is 1.50. The summed E-state index contributed by atoms with van der Waals surface area (Å²) in [6, 6.07) is 0.339. The molecule has 2 heterocycles. The Kier molecular flexibility index (Phi) is 5.83. The maximum absolute atomic E-state index is 13.3. The van der Waals surface area contributed by atoms with E-state index in [0.29, 0.717) is 29.7 Å². The summed E-state index contributed by atoms with van der Waals surface area (Å²) in [5, 5.41) is 40.9. The summed E-state index contributed by atoms with van der Waals surface area (Å²) < 4.78 is 6.82. The lowest BCUT2D eigenvalue weighted by Gasteiger charge is -2.64. The molecule has 0 bridgehead atoms. The number of hydrogen-bond acceptors (Lipinski definition) is 6. The van der Waals surface area contributed by atoms with E-state index in [1.807, 2.05) is 0 Å². The van der Waals surface area contributed by atoms with Crippen LogP contribution < -0.4 is 4.74 Å². The molecule has 1 spiro atoms. The van der Waals surface area contributed by atoms with E-state index in [-0.39, 0.29) is 59.5 Å². The van der Waals surface area contributed by atoms with Gasteiger partial charge in [-0.2, -0.15) is 0 Å². The predicted octanol–water partition coefficient (Wildman–Crippen LogP) is 3.57. The van der Waals surface area contributed by atoms with Crippen LogP contribution >= 0.6 is 0 Å². The first kappa shape index (κ1) is 25.8. The van der Waals surface area contributed by atoms with Crippen LogP contribution in [-0.4, -0.2) is 60.9 Å². The SMILES string of the molecule is CC1CCC2C(C)(C)C(O)CCC2(C)C12Cc1c(cc3c(c1O)CN(C(CCC(=O)O)C(=O)O)C3=O)O2. The van der Waals surface area contributed by atoms with E-state index >= 15 is 0 Å². The summed E-state index contributed by atoms with van der Waals surface area (Å²) >= 11 is 0. The number of amides is 1. The van der Waals surface area contributed by atoms with Crippen LogP contribution in [0.2, 0.25) is 0 Å². The van der Waals surface area contributed by atoms with E-state index in [1.54, 1.807) is 6.07 Å². The number of aliphatic hydroxyl groups excluding tert-OH is 1. The van der Waals surface area contributed by atoms with Gasteiger partial charge in [-0.3, -0.25) is 9.59 Å². The van der Waals surface area contributed by atoms with Gasteiger partial charge in [0, 0.05) is 29.4 Å². The smallest absolute Gasteiger partial charge is 0.326 e. The number of carboxylic acids is 2. The monoisotopic (exact) mass is 515 g/mol. The number of phenolic OH excluding ortho intramolecular Hbond substituents is 1. The minimum Gasteiger partial charge on any atom is -0.507 e. The van der Waals surface area contributed by atoms with Gasteiger partial charge in [-0.15, -0.1) is 0 Å². The molecule has 0 aromatic heterocycles. The number of fused-ring (bicyclic) bond motifs is 4. The van der Waals surface area contributed by atoms with Crippen molar-refractivity contribution in [1.29, 1.82) is 0 Å². The van der Waals surface area contributed by atoms with Crippen molar-refractivity contribution in [2.75, 3.05) is 0 Å². The third-order valence-electron chi connectivity index (χ3n) is 10.4. The van der Waals surface area contributed by atoms with Crippen molar-refractivity contribution >= 4 is 17.8 Å². The largest absolute Gasteiger partial charge is 0.507 e. The fourth-order valence-corrected chi connectivity index (χ4v) is 8.20. The van der Waals surface area contributed by atoms with Crippen LogP contribution in [0, 0.1) is 22.7 Å². The molecule has 37 heavy (non-hydrogen) atoms. The Morgan fingerprint density at radius 1 is 1.16 bits per heavy atom. The Hall–Kier alpha value is -2.81. The molecule has 2 aliphatic heterocycles. The highest BCUT2D eigenvalue weighted by atomic mass is 16.5. The first-order valence-corrected chi connectivity index (χ1v) is 13.2. The van der Waals surface area contributed by atoms with Gasteiger partial charge in [0.2, 0.25) is 0 Å². The average molecular weight is 516 g/mol. The topological polar surface area (TPSA) is 145 Å². The first-order chi connectivity index (χ1) is 17.2. The summed E-state index contributed by atoms with van der Waals surface area (Å²) in [4.78, 5) is 37.3. The van der Waals surface area contributed by atoms with Crippen molar-refractivity contribution in [2.45, 2.75) is 96.9 Å². The van der Waals surface area contributed by atoms with Gasteiger partial charge in [0.15, 0.2) is 0 Å². The number of phenols is 1. The number of benzene rings is 1. The second-order valence-corrected chi connectivity index (χ2v) is 12.4. The Labute approximate surface area is 216 Å². The lowest BCUT2D eigenvalue weighted by Crippen LogP contribution is -2.66. The van der Waals surface area contributed by atoms with Gasteiger partial charge >= 0.3 is 11.9 Å². The van der Waals surface area contributed by atoms with Gasteiger partial charge in [-0.1, -0.05) is 27.7 Å². The van der Waals surface area contributed by atoms with Crippen molar-refractivity contribution in [3.63, 3.8) is 0 Å². The van der Waals surface area contributed by atoms with Gasteiger partial charge in [-0.05, 0) is 55.4 Å². The quantitative estimate of drug-likeness (QED) is 0.466. The molecule has 2 saturated carbocycles. The van der Waals surface area contributed by atoms with Crippen LogP contribution in [0.5, 0.6) is 11.5 Å². The molecule has 1 aromatic carbocycles. The summed E-state index contributed by atoms with van der Waals surface area (Å²) in [6.07, 6.45) is 2.90. The Morgan fingerprint density at radius 2 is 1.86 bits per heavy atom. The van der Waals surface area contributed by atoms with Crippen LogP contribution in [0.15, 0.2) is 6.07 Å². The molecule has 2 fully saturated rings. The molecule has 2 aliphatic carbocycles. The second kappa shape index (κ2) is 8.35. The molecule has 5 rings (SSSR count). The zero-order valence-corrected chi connectivity index (χ0v) is 21.9. The maximum Gasteiger partial charge on any atom is 0.326 e. The molecule has 9 nitrogen and oxygen atoms in total. The molecule has 6 atom stereocenters. The van der Waals surface area contributed by atoms with Crippen LogP contribution in [0.3, 0.4) is 0 Å². The minimum atomic E-state index is -1.30. The van der Waals surface area contributed by atoms with Crippen molar-refractivity contribution < 1.29 is 39.5 Å². The van der Waals surface area contributed by atoms with E-state index in [4.69, 9.17) is 9.84 Å². The summed E-state index contributed by atoms with van der Waals surface area (Å²) in [7, 11) is 0. The van der Waals surface area contributed by atoms with E-state index in [0.717, 1.165) is 24.2 Å². The van der Waals surface area contributed by atoms with Crippen molar-refractivity contribution in [2.24, 2.45) is 22.7 Å². The summed E-state index contributed by atoms with van der Waals surface area (Å²) in [6.45, 7) is 8.61. The number of aliphatic carboxylic acids is 2. The number of carboxylic acid groups (broad SMARTS) is 2. The molecule has 0 radical (unpaired) electrons. The number of carbonyl (C=O) groups excluding carboxylic acids is 1. The van der Waals surface area contributed by atoms with Crippen LogP contribution in [0.25, 0.3) is 0 Å². The van der Waals surface area contributed by atoms with Gasteiger partial charge in [0.05, 0.1) is 18.2 Å². The Morgan fingerprint density at radius 3 is 2.51 bits per heavy atom. The minimum absolute atomic E-state index is 0.0318. The molecule has 6 unspecified atom stereocenters. The molecule has 4 aliphatic rings. The number of aliphatic hydroxyl groups is 1. The van der Waals surface area contributed by atoms with Gasteiger partial charge in [0.25, 0.3) is 5.91 Å². The molecule has 202 valence electrons. The van der Waals surface area contributed by atoms with Crippen LogP contribution in [0.4, 0.5) is 0 Å². The van der Waals surface area contributed by atoms with E-state index in [9.17, 15) is 29.7 Å². The van der Waals surface area contributed by atoms with Gasteiger partial charge in [-0.25, -0.2) is 4.79 Å². The molecular weight excluding hydrogens is 478 g/mol. The zero-order valence-electron chi connectivity index (χ0n) is 21.9. The summed E-state index contributed by atoms with van der Waals surface area (Å²) in [5.41, 5.74) is 0.111. The molecule has 1 amide bonds. The third-order valence-corrected chi connectivity index (χ3v) is 10.4. The lowest BCUT2D eigenvalue weighted by atomic mass is 9.43. The Bertz CT molecular complexity index is 1180. The van der Waals surface area contributed by atoms with Crippen LogP contribution in [0.1, 0.15) is 87.7 Å². The molecular formula is C28H37NO8. The number of hydrogen-bond donors (Lipinski definition) is 4. The number of nitrogens with zero attached hydrogens (tertiary/aromatic N) is 1. The highest BCUT2D eigenvalue weighted by molar-refractivity contribution is 6.02. The highest BCUT2D eigenvalue weighted by Gasteiger charge is 2.67. The molecule has 9 heteroatoms. The fourth-order valence-electron chi connectivity index (χ4n) is 8.20. The molecule has 0 saturated heterocycles. The molecule has 4 N–H and O–H groups in total. The van der Waals surface area contributed by atoms with E-state index in [1.165, 1.54) is 0 Å². The first-order valence-electron chi connectivity index (χ1n) is 13.2.